The van der Waals surface area contributed by atoms with Crippen molar-refractivity contribution in [2.24, 2.45) is 0 Å². The minimum absolute atomic E-state index is 0.227. The zero-order chi connectivity index (χ0) is 19.0. The molecule has 134 valence electrons. The second-order valence-corrected chi connectivity index (χ2v) is 7.65. The number of nitrogens with zero attached hydrogens (tertiary/aromatic N) is 3. The zero-order valence-electron chi connectivity index (χ0n) is 13.7. The maximum absolute atomic E-state index is 12.7. The summed E-state index contributed by atoms with van der Waals surface area (Å²) >= 11 is 13.2. The molecule has 0 atom stereocenters. The summed E-state index contributed by atoms with van der Waals surface area (Å²) in [5, 5.41) is 5.17. The lowest BCUT2D eigenvalue weighted by molar-refractivity contribution is 0.811. The summed E-state index contributed by atoms with van der Waals surface area (Å²) in [6, 6.07) is 14.5. The first-order valence-electron chi connectivity index (χ1n) is 7.95. The van der Waals surface area contributed by atoms with Gasteiger partial charge < -0.3 is 0 Å². The first kappa shape index (κ1) is 17.9. The molecular weight excluding hydrogens is 405 g/mol. The van der Waals surface area contributed by atoms with Gasteiger partial charge in [-0.25, -0.2) is 0 Å². The fourth-order valence-electron chi connectivity index (χ4n) is 2.60. The average molecular weight is 416 g/mol. The Balaban J connectivity index is 1.84. The highest BCUT2D eigenvalue weighted by molar-refractivity contribution is 7.15. The van der Waals surface area contributed by atoms with Gasteiger partial charge in [0.05, 0.1) is 4.53 Å². The molecule has 0 saturated heterocycles. The smallest absolute Gasteiger partial charge is 0.266 e. The first-order valence-corrected chi connectivity index (χ1v) is 9.52. The lowest BCUT2D eigenvalue weighted by Crippen LogP contribution is -2.28. The Morgan fingerprint density at radius 2 is 1.85 bits per heavy atom. The Hall–Kier alpha value is -2.54. The number of fused-ring (bicyclic) bond motifs is 1. The number of rotatable bonds is 3. The van der Waals surface area contributed by atoms with E-state index in [0.29, 0.717) is 26.6 Å². The normalized spacial score (nSPS) is 12.0. The fraction of sp³-hybridized carbons (Fsp3) is 0.0526. The molecule has 4 rings (SSSR count). The Kier molecular flexibility index (Phi) is 4.78. The third kappa shape index (κ3) is 3.64. The van der Waals surface area contributed by atoms with E-state index in [0.717, 1.165) is 16.9 Å². The number of halogens is 2. The van der Waals surface area contributed by atoms with E-state index in [1.807, 2.05) is 30.3 Å². The molecular formula is C19H11Cl2N3O2S. The minimum atomic E-state index is -0.434. The van der Waals surface area contributed by atoms with Crippen LogP contribution >= 0.6 is 34.5 Å². The van der Waals surface area contributed by atoms with Crippen molar-refractivity contribution >= 4 is 45.6 Å². The van der Waals surface area contributed by atoms with Crippen molar-refractivity contribution in [1.29, 1.82) is 0 Å². The zero-order valence-corrected chi connectivity index (χ0v) is 16.1. The highest BCUT2D eigenvalue weighted by Crippen LogP contribution is 2.21. The number of thiazole rings is 1. The number of hydrogen-bond donors (Lipinski definition) is 0. The van der Waals surface area contributed by atoms with E-state index in [-0.39, 0.29) is 16.2 Å². The Morgan fingerprint density at radius 1 is 1.07 bits per heavy atom. The van der Waals surface area contributed by atoms with Gasteiger partial charge in [0.1, 0.15) is 5.69 Å². The van der Waals surface area contributed by atoms with Gasteiger partial charge in [-0.3, -0.25) is 9.59 Å². The lowest BCUT2D eigenvalue weighted by atomic mass is 10.1. The molecule has 0 aliphatic carbocycles. The molecule has 4 aromatic rings. The molecule has 0 saturated carbocycles. The van der Waals surface area contributed by atoms with Gasteiger partial charge in [0.25, 0.3) is 11.1 Å². The van der Waals surface area contributed by atoms with Crippen LogP contribution in [0.3, 0.4) is 0 Å². The van der Waals surface area contributed by atoms with Gasteiger partial charge >= 0.3 is 0 Å². The van der Waals surface area contributed by atoms with Crippen molar-refractivity contribution < 1.29 is 0 Å². The molecule has 0 spiro atoms. The largest absolute Gasteiger partial charge is 0.296 e. The molecule has 5 nitrogen and oxygen atoms in total. The van der Waals surface area contributed by atoms with Gasteiger partial charge in [-0.05, 0) is 29.3 Å². The molecule has 0 aliphatic heterocycles. The van der Waals surface area contributed by atoms with Crippen molar-refractivity contribution in [2.45, 2.75) is 6.42 Å². The molecule has 2 aromatic heterocycles. The van der Waals surface area contributed by atoms with Crippen LogP contribution < -0.4 is 15.7 Å². The van der Waals surface area contributed by atoms with Crippen LogP contribution in [-0.2, 0) is 6.42 Å². The second kappa shape index (κ2) is 7.23. The average Bonchev–Trinajstić information content (AvgIpc) is 2.94. The van der Waals surface area contributed by atoms with Crippen LogP contribution in [0.4, 0.5) is 0 Å². The van der Waals surface area contributed by atoms with Crippen LogP contribution in [0.5, 0.6) is 0 Å². The molecule has 2 aromatic carbocycles. The first-order chi connectivity index (χ1) is 13.0. The molecule has 27 heavy (non-hydrogen) atoms. The quantitative estimate of drug-likeness (QED) is 0.515. The van der Waals surface area contributed by atoms with Gasteiger partial charge in [0.2, 0.25) is 4.96 Å². The molecule has 0 fully saturated rings. The van der Waals surface area contributed by atoms with Crippen molar-refractivity contribution in [2.75, 3.05) is 0 Å². The predicted molar refractivity (Wildman–Crippen MR) is 108 cm³/mol. The van der Waals surface area contributed by atoms with Crippen molar-refractivity contribution in [3.05, 3.63) is 101 Å². The Labute approximate surface area is 167 Å². The lowest BCUT2D eigenvalue weighted by Gasteiger charge is -1.99. The Morgan fingerprint density at radius 3 is 2.59 bits per heavy atom. The number of benzene rings is 2. The maximum Gasteiger partial charge on any atom is 0.296 e. The van der Waals surface area contributed by atoms with Crippen molar-refractivity contribution in [1.82, 2.24) is 14.6 Å². The minimum Gasteiger partial charge on any atom is -0.266 e. The molecule has 0 amide bonds. The van der Waals surface area contributed by atoms with E-state index >= 15 is 0 Å². The van der Waals surface area contributed by atoms with Crippen LogP contribution in [0, 0.1) is 0 Å². The molecule has 0 aliphatic rings. The van der Waals surface area contributed by atoms with Crippen LogP contribution in [0.1, 0.15) is 16.8 Å². The summed E-state index contributed by atoms with van der Waals surface area (Å²) in [5.41, 5.74) is 1.02. The third-order valence-corrected chi connectivity index (χ3v) is 5.44. The summed E-state index contributed by atoms with van der Waals surface area (Å²) < 4.78 is 1.55. The van der Waals surface area contributed by atoms with E-state index in [1.54, 1.807) is 24.3 Å². The summed E-state index contributed by atoms with van der Waals surface area (Å²) in [7, 11) is 0. The van der Waals surface area contributed by atoms with Gasteiger partial charge in [0, 0.05) is 16.5 Å². The van der Waals surface area contributed by atoms with E-state index in [1.165, 1.54) is 4.52 Å². The molecule has 0 N–H and O–H groups in total. The van der Waals surface area contributed by atoms with Crippen molar-refractivity contribution in [3.63, 3.8) is 0 Å². The SMILES string of the molecule is O=c1nc2s/c(=C/c3ccc(Cl)cc3Cl)c(=O)n2nc1Cc1ccccc1. The summed E-state index contributed by atoms with van der Waals surface area (Å²) in [6.45, 7) is 0. The topological polar surface area (TPSA) is 64.3 Å². The number of hydrogen-bond acceptors (Lipinski definition) is 5. The van der Waals surface area contributed by atoms with E-state index < -0.39 is 5.56 Å². The van der Waals surface area contributed by atoms with Gasteiger partial charge in [-0.1, -0.05) is 70.9 Å². The monoisotopic (exact) mass is 415 g/mol. The van der Waals surface area contributed by atoms with Crippen LogP contribution in [0.15, 0.2) is 58.1 Å². The highest BCUT2D eigenvalue weighted by Gasteiger charge is 2.12. The maximum atomic E-state index is 12.7. The standard InChI is InChI=1S/C19H11Cl2N3O2S/c20-13-7-6-12(14(21)10-13)9-16-18(26)24-19(27-16)22-17(25)15(23-24)8-11-4-2-1-3-5-11/h1-7,9-10H,8H2/b16-9+. The van der Waals surface area contributed by atoms with Crippen LogP contribution in [-0.4, -0.2) is 14.6 Å². The third-order valence-electron chi connectivity index (χ3n) is 3.91. The molecule has 0 bridgehead atoms. The van der Waals surface area contributed by atoms with Crippen LogP contribution in [0.25, 0.3) is 11.0 Å². The molecule has 0 radical (unpaired) electrons. The van der Waals surface area contributed by atoms with Crippen LogP contribution in [0.2, 0.25) is 10.0 Å². The second-order valence-electron chi connectivity index (χ2n) is 5.80. The highest BCUT2D eigenvalue weighted by atomic mass is 35.5. The Bertz CT molecular complexity index is 1320. The van der Waals surface area contributed by atoms with E-state index in [9.17, 15) is 9.59 Å². The molecule has 8 heteroatoms. The van der Waals surface area contributed by atoms with Gasteiger partial charge in [0.15, 0.2) is 0 Å². The molecule has 0 unspecified atom stereocenters. The fourth-order valence-corrected chi connectivity index (χ4v) is 3.96. The summed E-state index contributed by atoms with van der Waals surface area (Å²) in [6.07, 6.45) is 1.95. The van der Waals surface area contributed by atoms with E-state index in [4.69, 9.17) is 23.2 Å². The predicted octanol–water partition coefficient (Wildman–Crippen LogP) is 2.96. The van der Waals surface area contributed by atoms with E-state index in [2.05, 4.69) is 10.1 Å². The van der Waals surface area contributed by atoms with Gasteiger partial charge in [-0.15, -0.1) is 0 Å². The summed E-state index contributed by atoms with van der Waals surface area (Å²) in [5.74, 6) is 0. The number of aromatic nitrogens is 3. The summed E-state index contributed by atoms with van der Waals surface area (Å²) in [4.78, 5) is 29.2. The van der Waals surface area contributed by atoms with Gasteiger partial charge in [-0.2, -0.15) is 14.6 Å². The van der Waals surface area contributed by atoms with Crippen molar-refractivity contribution in [3.8, 4) is 0 Å². The molecule has 2 heterocycles.